The second-order valence-corrected chi connectivity index (χ2v) is 14.9. The molecular weight excluding hydrogens is 703 g/mol. The zero-order valence-corrected chi connectivity index (χ0v) is 30.8. The Kier molecular flexibility index (Phi) is 5.08. The van der Waals surface area contributed by atoms with E-state index in [9.17, 15) is 11.0 Å². The first-order valence-corrected chi connectivity index (χ1v) is 19.4. The largest absolute Gasteiger partial charge is 0.454 e. The van der Waals surface area contributed by atoms with Crippen LogP contribution >= 0.6 is 0 Å². The third-order valence-electron chi connectivity index (χ3n) is 11.8. The van der Waals surface area contributed by atoms with Gasteiger partial charge in [0.2, 0.25) is 0 Å². The van der Waals surface area contributed by atoms with E-state index in [1.54, 1.807) is 0 Å². The van der Waals surface area contributed by atoms with Gasteiger partial charge in [-0.05, 0) is 119 Å². The number of rotatable bonds is 4. The minimum Gasteiger partial charge on any atom is -0.454 e. The van der Waals surface area contributed by atoms with E-state index in [0.717, 1.165) is 71.3 Å². The molecular formula is C56H33NO. The molecule has 2 heterocycles. The summed E-state index contributed by atoms with van der Waals surface area (Å²) in [5, 5.41) is 6.86. The first kappa shape index (κ1) is 24.8. The molecule has 0 unspecified atom stereocenters. The monoisotopic (exact) mass is 743 g/mol. The molecule has 0 fully saturated rings. The van der Waals surface area contributed by atoms with E-state index in [0.29, 0.717) is 16.7 Å². The normalized spacial score (nSPS) is 14.1. The van der Waals surface area contributed by atoms with E-state index >= 15 is 0 Å². The first-order chi connectivity index (χ1) is 32.1. The second-order valence-electron chi connectivity index (χ2n) is 14.9. The average Bonchev–Trinajstić information content (AvgIpc) is 3.90. The Labute approximate surface area is 345 Å². The van der Waals surface area contributed by atoms with Crippen molar-refractivity contribution in [2.45, 2.75) is 0 Å². The molecule has 0 bridgehead atoms. The molecule has 0 aliphatic carbocycles. The molecule has 0 aliphatic heterocycles. The maximum atomic E-state index is 9.57. The van der Waals surface area contributed by atoms with Gasteiger partial charge in [0.15, 0.2) is 5.58 Å². The van der Waals surface area contributed by atoms with Gasteiger partial charge in [-0.25, -0.2) is 0 Å². The third kappa shape index (κ3) is 4.43. The summed E-state index contributed by atoms with van der Waals surface area (Å²) in [6.45, 7) is 0. The van der Waals surface area contributed by atoms with Crippen LogP contribution in [0.1, 0.15) is 11.0 Å². The van der Waals surface area contributed by atoms with E-state index in [4.69, 9.17) is 4.42 Å². The highest BCUT2D eigenvalue weighted by Gasteiger charge is 2.20. The van der Waals surface area contributed by atoms with Crippen molar-refractivity contribution in [3.8, 4) is 39.1 Å². The Morgan fingerprint density at radius 3 is 1.90 bits per heavy atom. The van der Waals surface area contributed by atoms with Gasteiger partial charge in [-0.2, -0.15) is 0 Å². The molecule has 2 nitrogen and oxygen atoms in total. The summed E-state index contributed by atoms with van der Waals surface area (Å²) in [4.78, 5) is 0. The number of para-hydroxylation sites is 2. The van der Waals surface area contributed by atoms with Gasteiger partial charge in [-0.15, -0.1) is 0 Å². The lowest BCUT2D eigenvalue weighted by Crippen LogP contribution is -1.93. The Hall–Kier alpha value is -7.68. The molecule has 0 N–H and O–H groups in total. The molecule has 0 saturated heterocycles. The van der Waals surface area contributed by atoms with Gasteiger partial charge in [0.05, 0.1) is 22.0 Å². The minimum absolute atomic E-state index is 0.0192. The van der Waals surface area contributed by atoms with Crippen LogP contribution in [0, 0.1) is 0 Å². The predicted molar refractivity (Wildman–Crippen MR) is 246 cm³/mol. The predicted octanol–water partition coefficient (Wildman–Crippen LogP) is 15.7. The molecule has 0 saturated carbocycles. The molecule has 0 amide bonds. The fraction of sp³-hybridized carbons (Fsp3) is 0. The number of aromatic nitrogens is 1. The Bertz CT molecular complexity index is 4260. The fourth-order valence-corrected chi connectivity index (χ4v) is 9.21. The van der Waals surface area contributed by atoms with E-state index in [1.165, 1.54) is 0 Å². The molecule has 0 radical (unpaired) electrons. The van der Waals surface area contributed by atoms with Crippen LogP contribution in [0.2, 0.25) is 0 Å². The van der Waals surface area contributed by atoms with Gasteiger partial charge >= 0.3 is 0 Å². The summed E-state index contributed by atoms with van der Waals surface area (Å²) < 4.78 is 84.5. The van der Waals surface area contributed by atoms with E-state index in [2.05, 4.69) is 53.1 Å². The number of furan rings is 1. The van der Waals surface area contributed by atoms with Gasteiger partial charge in [0, 0.05) is 27.2 Å². The van der Waals surface area contributed by atoms with Gasteiger partial charge < -0.3 is 8.98 Å². The molecule has 0 atom stereocenters. The van der Waals surface area contributed by atoms with Crippen molar-refractivity contribution in [3.63, 3.8) is 0 Å². The highest BCUT2D eigenvalue weighted by molar-refractivity contribution is 6.28. The van der Waals surface area contributed by atoms with Crippen LogP contribution in [0.5, 0.6) is 0 Å². The SMILES string of the molecule is [2H]c1c([2H])c2c([2H])c([2H])c3c(-c4cccc5ccccc45)c([2H])c([2H])c4c([2H])c([2H])c(c1-c1cccc(-c5ccc6c(c5)c5ccc7c8ccccc8oc7c5n6-c5ccccc5)c1)c2c43. The van der Waals surface area contributed by atoms with Crippen molar-refractivity contribution in [1.29, 1.82) is 0 Å². The molecule has 268 valence electrons. The van der Waals surface area contributed by atoms with Gasteiger partial charge in [0.1, 0.15) is 5.58 Å². The molecule has 11 aromatic carbocycles. The second kappa shape index (κ2) is 11.9. The van der Waals surface area contributed by atoms with E-state index in [1.807, 2.05) is 103 Å². The summed E-state index contributed by atoms with van der Waals surface area (Å²) in [7, 11) is 0. The summed E-state index contributed by atoms with van der Waals surface area (Å²) in [5.41, 5.74) is 8.01. The molecule has 0 spiro atoms. The quantitative estimate of drug-likeness (QED) is 0.164. The number of nitrogens with zero attached hydrogens (tertiary/aromatic N) is 1. The molecule has 13 rings (SSSR count). The number of hydrogen-bond donors (Lipinski definition) is 0. The van der Waals surface area contributed by atoms with Crippen molar-refractivity contribution < 1.29 is 15.4 Å². The average molecular weight is 744 g/mol. The minimum atomic E-state index is -0.303. The van der Waals surface area contributed by atoms with Crippen molar-refractivity contribution in [2.24, 2.45) is 0 Å². The lowest BCUT2D eigenvalue weighted by Gasteiger charge is -2.17. The van der Waals surface area contributed by atoms with Crippen LogP contribution in [0.15, 0.2) is 204 Å². The summed E-state index contributed by atoms with van der Waals surface area (Å²) in [6.07, 6.45) is 0. The number of benzene rings is 11. The fourth-order valence-electron chi connectivity index (χ4n) is 9.21. The van der Waals surface area contributed by atoms with Crippen molar-refractivity contribution >= 4 is 86.8 Å². The van der Waals surface area contributed by atoms with Crippen molar-refractivity contribution in [1.82, 2.24) is 4.57 Å². The summed E-state index contributed by atoms with van der Waals surface area (Å²) in [6, 6.07) is 47.8. The van der Waals surface area contributed by atoms with Crippen LogP contribution in [-0.4, -0.2) is 4.57 Å². The van der Waals surface area contributed by atoms with Crippen LogP contribution in [-0.2, 0) is 0 Å². The van der Waals surface area contributed by atoms with Crippen LogP contribution in [0.25, 0.3) is 126 Å². The van der Waals surface area contributed by atoms with E-state index in [-0.39, 0.29) is 86.2 Å². The van der Waals surface area contributed by atoms with Crippen LogP contribution < -0.4 is 0 Å². The maximum absolute atomic E-state index is 9.57. The zero-order valence-electron chi connectivity index (χ0n) is 38.8. The standard InChI is InChI=1S/C56H33NO/c1-2-14-40(15-3-1)57-51-31-24-38(33-50(51)48-29-30-49-45-17-6-7-19-52(45)58-56(49)55(48)57)37-12-8-13-39(32-37)42-25-20-35-23-28-47-44(26-21-36-22-27-46(42)53(35)54(36)47)43-18-9-11-34-10-4-5-16-41(34)43/h1-33H/i20D,21D,22D,23D,25D,26D,27D,28D. The Balaban J connectivity index is 1.08. The number of hydrogen-bond acceptors (Lipinski definition) is 1. The van der Waals surface area contributed by atoms with Gasteiger partial charge in [-0.3, -0.25) is 0 Å². The highest BCUT2D eigenvalue weighted by atomic mass is 16.3. The van der Waals surface area contributed by atoms with Crippen molar-refractivity contribution in [3.05, 3.63) is 200 Å². The summed E-state index contributed by atoms with van der Waals surface area (Å²) in [5.74, 6) is 0. The zero-order chi connectivity index (χ0) is 44.9. The molecule has 0 aliphatic rings. The number of fused-ring (bicyclic) bond motifs is 8. The van der Waals surface area contributed by atoms with Gasteiger partial charge in [0.25, 0.3) is 0 Å². The maximum Gasteiger partial charge on any atom is 0.160 e. The van der Waals surface area contributed by atoms with E-state index < -0.39 is 0 Å². The topological polar surface area (TPSA) is 18.1 Å². The molecule has 2 aromatic heterocycles. The van der Waals surface area contributed by atoms with Crippen LogP contribution in [0.3, 0.4) is 0 Å². The lowest BCUT2D eigenvalue weighted by molar-refractivity contribution is 0.671. The third-order valence-corrected chi connectivity index (χ3v) is 11.8. The van der Waals surface area contributed by atoms with Gasteiger partial charge in [-0.1, -0.05) is 158 Å². The molecule has 13 aromatic rings. The smallest absolute Gasteiger partial charge is 0.160 e. The first-order valence-electron chi connectivity index (χ1n) is 23.4. The molecule has 58 heavy (non-hydrogen) atoms. The Morgan fingerprint density at radius 1 is 0.379 bits per heavy atom. The molecule has 2 heteroatoms. The Morgan fingerprint density at radius 2 is 1.03 bits per heavy atom. The highest BCUT2D eigenvalue weighted by Crippen LogP contribution is 2.45. The summed E-state index contributed by atoms with van der Waals surface area (Å²) >= 11 is 0. The van der Waals surface area contributed by atoms with Crippen LogP contribution in [0.4, 0.5) is 0 Å². The van der Waals surface area contributed by atoms with Crippen molar-refractivity contribution in [2.75, 3.05) is 0 Å². The lowest BCUT2D eigenvalue weighted by atomic mass is 9.86.